The Morgan fingerprint density at radius 3 is 1.82 bits per heavy atom. The SMILES string of the molecule is CC(C)c1cc(-c2ccc([Si](C)(C)C)cc2)cc(C(C)C)c1-n1c(-c2[c-]ccc3c2oc2cc4c(cc23)oc2ccccc24)nc2ccccc21.C[Si](C)(C)c1ccc(-c2[c-]cccc2)nc1.[Ir]. The second-order valence-corrected chi connectivity index (χ2v) is 30.7. The molecule has 343 valence electrons. The van der Waals surface area contributed by atoms with Crippen LogP contribution < -0.4 is 10.4 Å². The number of hydrogen-bond donors (Lipinski definition) is 0. The molecule has 8 heteroatoms. The number of para-hydroxylation sites is 3. The predicted molar refractivity (Wildman–Crippen MR) is 288 cm³/mol. The van der Waals surface area contributed by atoms with E-state index < -0.39 is 16.1 Å². The third kappa shape index (κ3) is 8.75. The van der Waals surface area contributed by atoms with E-state index in [4.69, 9.17) is 13.8 Å². The molecule has 0 aliphatic heterocycles. The van der Waals surface area contributed by atoms with Crippen molar-refractivity contribution >= 4 is 81.4 Å². The van der Waals surface area contributed by atoms with Gasteiger partial charge in [-0.3, -0.25) is 4.98 Å². The van der Waals surface area contributed by atoms with Gasteiger partial charge in [-0.05, 0) is 87.4 Å². The van der Waals surface area contributed by atoms with Crippen molar-refractivity contribution in [2.45, 2.75) is 78.8 Å². The van der Waals surface area contributed by atoms with Crippen LogP contribution in [0, 0.1) is 12.1 Å². The number of imidazole rings is 1. The van der Waals surface area contributed by atoms with Gasteiger partial charge >= 0.3 is 0 Å². The fourth-order valence-electron chi connectivity index (χ4n) is 9.24. The second kappa shape index (κ2) is 18.4. The molecule has 0 unspecified atom stereocenters. The largest absolute Gasteiger partial charge is 0.501 e. The van der Waals surface area contributed by atoms with Crippen molar-refractivity contribution in [3.63, 3.8) is 0 Å². The van der Waals surface area contributed by atoms with Gasteiger partial charge in [-0.15, -0.1) is 54.1 Å². The molecule has 0 aliphatic rings. The minimum atomic E-state index is -1.40. The molecule has 0 fully saturated rings. The number of aromatic nitrogens is 3. The summed E-state index contributed by atoms with van der Waals surface area (Å²) in [5, 5.41) is 7.04. The van der Waals surface area contributed by atoms with Crippen LogP contribution in [0.2, 0.25) is 39.3 Å². The Kier molecular flexibility index (Phi) is 12.7. The minimum absolute atomic E-state index is 0. The van der Waals surface area contributed by atoms with E-state index in [0.717, 1.165) is 77.6 Å². The van der Waals surface area contributed by atoms with E-state index in [1.54, 1.807) is 0 Å². The van der Waals surface area contributed by atoms with Crippen molar-refractivity contribution in [1.29, 1.82) is 0 Å². The van der Waals surface area contributed by atoms with Gasteiger partial charge in [0, 0.05) is 48.1 Å². The zero-order valence-corrected chi connectivity index (χ0v) is 45.0. The topological polar surface area (TPSA) is 57.0 Å². The normalized spacial score (nSPS) is 12.1. The smallest absolute Gasteiger partial charge is 0.136 e. The van der Waals surface area contributed by atoms with Crippen LogP contribution in [0.25, 0.3) is 94.4 Å². The summed E-state index contributed by atoms with van der Waals surface area (Å²) in [7, 11) is -2.63. The monoisotopic (exact) mass is 1100 g/mol. The number of pyridine rings is 1. The third-order valence-electron chi connectivity index (χ3n) is 13.1. The Balaban J connectivity index is 0.000000289. The Bertz CT molecular complexity index is 3560. The van der Waals surface area contributed by atoms with Crippen molar-refractivity contribution in [1.82, 2.24) is 14.5 Å². The van der Waals surface area contributed by atoms with Crippen LogP contribution in [0.3, 0.4) is 0 Å². The van der Waals surface area contributed by atoms with Crippen molar-refractivity contribution in [3.05, 3.63) is 175 Å². The van der Waals surface area contributed by atoms with Crippen LogP contribution in [-0.2, 0) is 20.1 Å². The third-order valence-corrected chi connectivity index (χ3v) is 17.1. The standard InChI is InChI=1S/C46H41N2O2Si.C14H16NSi.Ir/c1-27(2)35-23-30(29-19-21-31(22-20-29)51(5,6)7)24-36(28(3)4)44(35)48-40-17-10-9-16-39(40)47-46(48)34-15-12-14-33-38-26-42-37(25-43(38)50-45(33)34)32-13-8-11-18-41(32)49-42;1-16(2,3)13-9-10-14(15-11-13)12-7-5-4-6-8-12;/h8-14,16-28H,1-7H3;4-7,9-11H,1-3H3;/q2*-1;. The Morgan fingerprint density at radius 1 is 0.544 bits per heavy atom. The molecular weight excluding hydrogens is 1040 g/mol. The summed E-state index contributed by atoms with van der Waals surface area (Å²) < 4.78 is 15.4. The van der Waals surface area contributed by atoms with Gasteiger partial charge in [0.15, 0.2) is 0 Å². The number of fused-ring (bicyclic) bond motifs is 7. The number of nitrogens with zero attached hydrogens (tertiary/aromatic N) is 3. The molecule has 11 aromatic rings. The molecule has 0 N–H and O–H groups in total. The second-order valence-electron chi connectivity index (χ2n) is 20.5. The Hall–Kier alpha value is -6.16. The molecule has 4 heterocycles. The van der Waals surface area contributed by atoms with Crippen molar-refractivity contribution in [3.8, 4) is 39.5 Å². The first-order valence-electron chi connectivity index (χ1n) is 23.5. The molecule has 7 aromatic carbocycles. The molecule has 0 bridgehead atoms. The van der Waals surface area contributed by atoms with E-state index in [9.17, 15) is 0 Å². The van der Waals surface area contributed by atoms with Crippen molar-refractivity contribution in [2.75, 3.05) is 0 Å². The summed E-state index contributed by atoms with van der Waals surface area (Å²) in [6.07, 6.45) is 2.02. The zero-order chi connectivity index (χ0) is 46.8. The van der Waals surface area contributed by atoms with Crippen molar-refractivity contribution in [2.24, 2.45) is 0 Å². The van der Waals surface area contributed by atoms with E-state index in [1.165, 1.54) is 38.3 Å². The van der Waals surface area contributed by atoms with E-state index in [0.29, 0.717) is 0 Å². The molecule has 0 aliphatic carbocycles. The van der Waals surface area contributed by atoms with Gasteiger partial charge in [0.1, 0.15) is 16.7 Å². The van der Waals surface area contributed by atoms with Crippen LogP contribution >= 0.6 is 0 Å². The number of benzene rings is 7. The molecule has 0 atom stereocenters. The van der Waals surface area contributed by atoms with Gasteiger partial charge < -0.3 is 18.4 Å². The first-order chi connectivity index (χ1) is 32.1. The molecule has 4 aromatic heterocycles. The molecule has 0 saturated carbocycles. The molecule has 68 heavy (non-hydrogen) atoms. The molecule has 0 amide bonds. The van der Waals surface area contributed by atoms with E-state index in [1.807, 2.05) is 54.7 Å². The van der Waals surface area contributed by atoms with Gasteiger partial charge in [0.05, 0.1) is 38.6 Å². The number of furan rings is 2. The van der Waals surface area contributed by atoms with Crippen LogP contribution in [0.5, 0.6) is 0 Å². The predicted octanol–water partition coefficient (Wildman–Crippen LogP) is 15.8. The van der Waals surface area contributed by atoms with Gasteiger partial charge in [-0.1, -0.05) is 150 Å². The average Bonchev–Trinajstić information content (AvgIpc) is 4.01. The number of rotatable bonds is 8. The zero-order valence-electron chi connectivity index (χ0n) is 40.6. The summed E-state index contributed by atoms with van der Waals surface area (Å²) in [6.45, 7) is 23.4. The van der Waals surface area contributed by atoms with Gasteiger partial charge in [-0.2, -0.15) is 0 Å². The molecule has 0 spiro atoms. The molecular formula is C60H57IrN3O2Si2-2. The molecule has 5 nitrogen and oxygen atoms in total. The summed E-state index contributed by atoms with van der Waals surface area (Å²) in [5.41, 5.74) is 14.5. The maximum absolute atomic E-state index is 6.79. The van der Waals surface area contributed by atoms with Crippen LogP contribution in [0.4, 0.5) is 0 Å². The average molecular weight is 1100 g/mol. The molecule has 0 saturated heterocycles. The number of hydrogen-bond acceptors (Lipinski definition) is 4. The van der Waals surface area contributed by atoms with E-state index in [2.05, 4.69) is 186 Å². The van der Waals surface area contributed by atoms with Gasteiger partial charge in [0.25, 0.3) is 0 Å². The fourth-order valence-corrected chi connectivity index (χ4v) is 11.4. The first kappa shape index (κ1) is 46.9. The Labute approximate surface area is 415 Å². The Morgan fingerprint density at radius 2 is 1.18 bits per heavy atom. The van der Waals surface area contributed by atoms with E-state index in [-0.39, 0.29) is 31.9 Å². The summed E-state index contributed by atoms with van der Waals surface area (Å²) in [4.78, 5) is 9.86. The maximum Gasteiger partial charge on any atom is 0.136 e. The maximum atomic E-state index is 6.79. The molecule has 11 rings (SSSR count). The van der Waals surface area contributed by atoms with Crippen LogP contribution in [0.1, 0.15) is 50.7 Å². The van der Waals surface area contributed by atoms with Gasteiger partial charge in [-0.25, -0.2) is 0 Å². The van der Waals surface area contributed by atoms with E-state index >= 15 is 0 Å². The quantitative estimate of drug-likeness (QED) is 0.112. The van der Waals surface area contributed by atoms with Crippen LogP contribution in [0.15, 0.2) is 161 Å². The molecule has 1 radical (unpaired) electrons. The fraction of sp³-hybridized carbons (Fsp3) is 0.200. The first-order valence-corrected chi connectivity index (χ1v) is 30.5. The summed E-state index contributed by atoms with van der Waals surface area (Å²) in [5.74, 6) is 1.36. The van der Waals surface area contributed by atoms with Crippen LogP contribution in [-0.4, -0.2) is 30.7 Å². The minimum Gasteiger partial charge on any atom is -0.501 e. The summed E-state index contributed by atoms with van der Waals surface area (Å²) >= 11 is 0. The van der Waals surface area contributed by atoms with Crippen molar-refractivity contribution < 1.29 is 28.9 Å². The van der Waals surface area contributed by atoms with Gasteiger partial charge in [0.2, 0.25) is 0 Å². The summed E-state index contributed by atoms with van der Waals surface area (Å²) in [6, 6.07) is 58.1.